The summed E-state index contributed by atoms with van der Waals surface area (Å²) in [5, 5.41) is 0. The Morgan fingerprint density at radius 2 is 1.53 bits per heavy atom. The van der Waals surface area contributed by atoms with Gasteiger partial charge in [0.2, 0.25) is 0 Å². The van der Waals surface area contributed by atoms with Crippen LogP contribution in [0.1, 0.15) is 52.4 Å². The molecule has 0 rings (SSSR count). The van der Waals surface area contributed by atoms with E-state index >= 15 is 0 Å². The molecular weight excluding hydrogens is 240 g/mol. The Morgan fingerprint density at radius 3 is 2.16 bits per heavy atom. The molecule has 0 saturated carbocycles. The van der Waals surface area contributed by atoms with Crippen molar-refractivity contribution in [3.05, 3.63) is 12.7 Å². The molecule has 0 radical (unpaired) electrons. The molecule has 1 atom stereocenters. The Morgan fingerprint density at radius 1 is 0.895 bits per heavy atom. The average molecular weight is 272 g/mol. The van der Waals surface area contributed by atoms with Crippen molar-refractivity contribution in [3.8, 4) is 0 Å². The van der Waals surface area contributed by atoms with Crippen LogP contribution in [-0.4, -0.2) is 39.1 Å². The SMILES string of the molecule is C=CCOCC(COCCCCC)OCCCCC. The van der Waals surface area contributed by atoms with Crippen LogP contribution in [0.15, 0.2) is 12.7 Å². The lowest BCUT2D eigenvalue weighted by atomic mass is 10.2. The number of rotatable bonds is 15. The number of unbranched alkanes of at least 4 members (excludes halogenated alkanes) is 4. The van der Waals surface area contributed by atoms with Gasteiger partial charge < -0.3 is 14.2 Å². The van der Waals surface area contributed by atoms with Crippen molar-refractivity contribution < 1.29 is 14.2 Å². The van der Waals surface area contributed by atoms with Crippen LogP contribution in [0.5, 0.6) is 0 Å². The van der Waals surface area contributed by atoms with E-state index < -0.39 is 0 Å². The lowest BCUT2D eigenvalue weighted by Gasteiger charge is -2.18. The fraction of sp³-hybridized carbons (Fsp3) is 0.875. The smallest absolute Gasteiger partial charge is 0.104 e. The van der Waals surface area contributed by atoms with Crippen molar-refractivity contribution in [3.63, 3.8) is 0 Å². The maximum absolute atomic E-state index is 5.81. The Balaban J connectivity index is 3.66. The zero-order chi connectivity index (χ0) is 14.2. The molecule has 0 heterocycles. The fourth-order valence-electron chi connectivity index (χ4n) is 1.70. The van der Waals surface area contributed by atoms with E-state index in [0.717, 1.165) is 26.1 Å². The number of hydrogen-bond donors (Lipinski definition) is 0. The van der Waals surface area contributed by atoms with E-state index in [1.165, 1.54) is 25.7 Å². The summed E-state index contributed by atoms with van der Waals surface area (Å²) in [6.45, 7) is 11.5. The van der Waals surface area contributed by atoms with Crippen molar-refractivity contribution in [1.82, 2.24) is 0 Å². The first-order valence-corrected chi connectivity index (χ1v) is 7.73. The van der Waals surface area contributed by atoms with Crippen LogP contribution in [0.3, 0.4) is 0 Å². The standard InChI is InChI=1S/C16H32O3/c1-4-7-9-12-18-15-16(14-17-11-6-3)19-13-10-8-5-2/h6,16H,3-5,7-15H2,1-2H3. The molecule has 0 aromatic carbocycles. The molecule has 0 saturated heterocycles. The van der Waals surface area contributed by atoms with Crippen LogP contribution in [0.25, 0.3) is 0 Å². The largest absolute Gasteiger partial charge is 0.379 e. The summed E-state index contributed by atoms with van der Waals surface area (Å²) in [6.07, 6.45) is 8.95. The minimum absolute atomic E-state index is 0.0541. The van der Waals surface area contributed by atoms with E-state index in [0.29, 0.717) is 19.8 Å². The quantitative estimate of drug-likeness (QED) is 0.333. The second-order valence-electron chi connectivity index (χ2n) is 4.81. The molecule has 0 fully saturated rings. The Labute approximate surface area is 119 Å². The molecule has 1 unspecified atom stereocenters. The van der Waals surface area contributed by atoms with Crippen molar-refractivity contribution in [2.24, 2.45) is 0 Å². The van der Waals surface area contributed by atoms with Crippen LogP contribution in [0.4, 0.5) is 0 Å². The summed E-state index contributed by atoms with van der Waals surface area (Å²) in [5.74, 6) is 0. The van der Waals surface area contributed by atoms with Crippen molar-refractivity contribution >= 4 is 0 Å². The van der Waals surface area contributed by atoms with Crippen molar-refractivity contribution in [1.29, 1.82) is 0 Å². The summed E-state index contributed by atoms with van der Waals surface area (Å²) < 4.78 is 16.9. The van der Waals surface area contributed by atoms with Gasteiger partial charge >= 0.3 is 0 Å². The van der Waals surface area contributed by atoms with Crippen LogP contribution >= 0.6 is 0 Å². The van der Waals surface area contributed by atoms with Crippen LogP contribution < -0.4 is 0 Å². The molecule has 0 aromatic heterocycles. The topological polar surface area (TPSA) is 27.7 Å². The van der Waals surface area contributed by atoms with Gasteiger partial charge in [-0.15, -0.1) is 6.58 Å². The first-order chi connectivity index (χ1) is 9.35. The molecule has 0 aliphatic heterocycles. The molecule has 0 spiro atoms. The first kappa shape index (κ1) is 18.6. The van der Waals surface area contributed by atoms with Crippen molar-refractivity contribution in [2.45, 2.75) is 58.5 Å². The normalized spacial score (nSPS) is 12.5. The van der Waals surface area contributed by atoms with Gasteiger partial charge in [0.15, 0.2) is 0 Å². The second kappa shape index (κ2) is 15.7. The zero-order valence-corrected chi connectivity index (χ0v) is 12.9. The van der Waals surface area contributed by atoms with Gasteiger partial charge in [0.05, 0.1) is 19.8 Å². The highest BCUT2D eigenvalue weighted by Gasteiger charge is 2.09. The predicted molar refractivity (Wildman–Crippen MR) is 80.6 cm³/mol. The maximum atomic E-state index is 5.81. The average Bonchev–Trinajstić information content (AvgIpc) is 2.42. The Hall–Kier alpha value is -0.380. The van der Waals surface area contributed by atoms with Gasteiger partial charge in [-0.3, -0.25) is 0 Å². The molecule has 0 aromatic rings. The van der Waals surface area contributed by atoms with Crippen LogP contribution in [0.2, 0.25) is 0 Å². The summed E-state index contributed by atoms with van der Waals surface area (Å²) in [5.41, 5.74) is 0. The minimum Gasteiger partial charge on any atom is -0.379 e. The van der Waals surface area contributed by atoms with E-state index in [-0.39, 0.29) is 6.10 Å². The monoisotopic (exact) mass is 272 g/mol. The third kappa shape index (κ3) is 13.8. The molecule has 0 aliphatic carbocycles. The molecule has 3 nitrogen and oxygen atoms in total. The van der Waals surface area contributed by atoms with Gasteiger partial charge in [0.1, 0.15) is 6.10 Å². The molecule has 114 valence electrons. The summed E-state index contributed by atoms with van der Waals surface area (Å²) in [4.78, 5) is 0. The lowest BCUT2D eigenvalue weighted by molar-refractivity contribution is -0.0572. The van der Waals surface area contributed by atoms with Crippen molar-refractivity contribution in [2.75, 3.05) is 33.0 Å². The molecule has 0 aliphatic rings. The Kier molecular flexibility index (Phi) is 15.4. The second-order valence-corrected chi connectivity index (χ2v) is 4.81. The predicted octanol–water partition coefficient (Wildman–Crippen LogP) is 3.97. The third-order valence-corrected chi connectivity index (χ3v) is 2.84. The molecule has 0 bridgehead atoms. The van der Waals surface area contributed by atoms with Gasteiger partial charge in [0, 0.05) is 13.2 Å². The van der Waals surface area contributed by atoms with E-state index in [9.17, 15) is 0 Å². The highest BCUT2D eigenvalue weighted by molar-refractivity contribution is 4.65. The third-order valence-electron chi connectivity index (χ3n) is 2.84. The highest BCUT2D eigenvalue weighted by Crippen LogP contribution is 2.02. The van der Waals surface area contributed by atoms with Gasteiger partial charge in [-0.25, -0.2) is 0 Å². The van der Waals surface area contributed by atoms with Gasteiger partial charge in [-0.1, -0.05) is 45.6 Å². The molecular formula is C16H32O3. The minimum atomic E-state index is 0.0541. The van der Waals surface area contributed by atoms with Gasteiger partial charge in [0.25, 0.3) is 0 Å². The van der Waals surface area contributed by atoms with E-state index in [4.69, 9.17) is 14.2 Å². The van der Waals surface area contributed by atoms with Gasteiger partial charge in [-0.05, 0) is 12.8 Å². The molecule has 3 heteroatoms. The van der Waals surface area contributed by atoms with Crippen LogP contribution in [-0.2, 0) is 14.2 Å². The van der Waals surface area contributed by atoms with Crippen LogP contribution in [0, 0.1) is 0 Å². The van der Waals surface area contributed by atoms with E-state index in [2.05, 4.69) is 20.4 Å². The Bertz CT molecular complexity index is 183. The van der Waals surface area contributed by atoms with Gasteiger partial charge in [-0.2, -0.15) is 0 Å². The zero-order valence-electron chi connectivity index (χ0n) is 12.9. The molecule has 0 N–H and O–H groups in total. The lowest BCUT2D eigenvalue weighted by Crippen LogP contribution is -2.26. The fourth-order valence-corrected chi connectivity index (χ4v) is 1.70. The van der Waals surface area contributed by atoms with E-state index in [1.54, 1.807) is 6.08 Å². The summed E-state index contributed by atoms with van der Waals surface area (Å²) in [6, 6.07) is 0. The highest BCUT2D eigenvalue weighted by atomic mass is 16.6. The number of hydrogen-bond acceptors (Lipinski definition) is 3. The van der Waals surface area contributed by atoms with E-state index in [1.807, 2.05) is 0 Å². The maximum Gasteiger partial charge on any atom is 0.104 e. The number of ether oxygens (including phenoxy) is 3. The first-order valence-electron chi connectivity index (χ1n) is 7.73. The summed E-state index contributed by atoms with van der Waals surface area (Å²) >= 11 is 0. The molecule has 19 heavy (non-hydrogen) atoms. The summed E-state index contributed by atoms with van der Waals surface area (Å²) in [7, 11) is 0. The molecule has 0 amide bonds.